The van der Waals surface area contributed by atoms with E-state index in [9.17, 15) is 9.50 Å². The molecule has 0 unspecified atom stereocenters. The summed E-state index contributed by atoms with van der Waals surface area (Å²) in [5.41, 5.74) is 1.23. The van der Waals surface area contributed by atoms with Gasteiger partial charge in [0.05, 0.1) is 13.2 Å². The van der Waals surface area contributed by atoms with Crippen molar-refractivity contribution in [1.29, 1.82) is 0 Å². The first-order valence-corrected chi connectivity index (χ1v) is 6.74. The second kappa shape index (κ2) is 6.59. The third-order valence-corrected chi connectivity index (χ3v) is 3.32. The summed E-state index contributed by atoms with van der Waals surface area (Å²) in [7, 11) is 1.42. The van der Waals surface area contributed by atoms with Gasteiger partial charge >= 0.3 is 0 Å². The summed E-state index contributed by atoms with van der Waals surface area (Å²) in [6.45, 7) is 1.83. The summed E-state index contributed by atoms with van der Waals surface area (Å²) in [6.07, 6.45) is 1.52. The highest BCUT2D eigenvalue weighted by molar-refractivity contribution is 6.30. The molecule has 0 saturated heterocycles. The molecule has 0 saturated carbocycles. The van der Waals surface area contributed by atoms with Gasteiger partial charge in [0.2, 0.25) is 0 Å². The number of rotatable bonds is 4. The first kappa shape index (κ1) is 15.3. The highest BCUT2D eigenvalue weighted by Crippen LogP contribution is 2.25. The van der Waals surface area contributed by atoms with E-state index in [4.69, 9.17) is 16.3 Å². The Morgan fingerprint density at radius 2 is 2.05 bits per heavy atom. The van der Waals surface area contributed by atoms with Gasteiger partial charge in [0.1, 0.15) is 5.75 Å². The molecular weight excluding hydrogens is 293 g/mol. The number of benzene rings is 2. The van der Waals surface area contributed by atoms with Crippen molar-refractivity contribution in [1.82, 2.24) is 0 Å². The third kappa shape index (κ3) is 3.73. The Morgan fingerprint density at radius 3 is 2.71 bits per heavy atom. The Kier molecular flexibility index (Phi) is 4.81. The average molecular weight is 308 g/mol. The Labute approximate surface area is 127 Å². The van der Waals surface area contributed by atoms with Crippen molar-refractivity contribution < 1.29 is 14.2 Å². The fraction of sp³-hybridized carbons (Fsp3) is 0.188. The van der Waals surface area contributed by atoms with Crippen LogP contribution in [-0.4, -0.2) is 18.4 Å². The van der Waals surface area contributed by atoms with Crippen LogP contribution in [0.1, 0.15) is 24.1 Å². The Morgan fingerprint density at radius 1 is 1.29 bits per heavy atom. The van der Waals surface area contributed by atoms with Gasteiger partial charge < -0.3 is 9.84 Å². The maximum absolute atomic E-state index is 13.7. The summed E-state index contributed by atoms with van der Waals surface area (Å²) in [6, 6.07) is 9.15. The first-order chi connectivity index (χ1) is 10.0. The van der Waals surface area contributed by atoms with Crippen LogP contribution in [0, 0.1) is 5.82 Å². The number of phenols is 1. The van der Waals surface area contributed by atoms with Crippen molar-refractivity contribution in [3.05, 3.63) is 58.4 Å². The van der Waals surface area contributed by atoms with Crippen LogP contribution in [0.2, 0.25) is 5.02 Å². The lowest BCUT2D eigenvalue weighted by molar-refractivity contribution is 0.386. The van der Waals surface area contributed by atoms with Gasteiger partial charge in [-0.15, -0.1) is 0 Å². The molecular formula is C16H15ClFNO2. The SMILES string of the molecule is COc1ccc([C@H](C)N=Cc2cc(Cl)ccc2O)cc1F. The van der Waals surface area contributed by atoms with E-state index >= 15 is 0 Å². The summed E-state index contributed by atoms with van der Waals surface area (Å²) in [5.74, 6) is -0.138. The van der Waals surface area contributed by atoms with Crippen LogP contribution in [0.25, 0.3) is 0 Å². The summed E-state index contributed by atoms with van der Waals surface area (Å²) < 4.78 is 18.5. The number of hydrogen-bond donors (Lipinski definition) is 1. The van der Waals surface area contributed by atoms with Crippen LogP contribution in [0.15, 0.2) is 41.4 Å². The largest absolute Gasteiger partial charge is 0.507 e. The van der Waals surface area contributed by atoms with Crippen LogP contribution in [0.5, 0.6) is 11.5 Å². The molecule has 0 fully saturated rings. The molecule has 2 rings (SSSR count). The van der Waals surface area contributed by atoms with E-state index in [1.54, 1.807) is 24.3 Å². The quantitative estimate of drug-likeness (QED) is 0.852. The molecule has 1 N–H and O–H groups in total. The van der Waals surface area contributed by atoms with Gasteiger partial charge in [0, 0.05) is 16.8 Å². The lowest BCUT2D eigenvalue weighted by atomic mass is 10.1. The molecule has 0 radical (unpaired) electrons. The number of nitrogens with zero attached hydrogens (tertiary/aromatic N) is 1. The Hall–Kier alpha value is -2.07. The van der Waals surface area contributed by atoms with Crippen molar-refractivity contribution in [2.24, 2.45) is 4.99 Å². The molecule has 2 aromatic rings. The number of aliphatic imine (C=N–C) groups is 1. The molecule has 2 aromatic carbocycles. The zero-order valence-electron chi connectivity index (χ0n) is 11.7. The lowest BCUT2D eigenvalue weighted by Crippen LogP contribution is -1.95. The van der Waals surface area contributed by atoms with Gasteiger partial charge in [-0.05, 0) is 42.8 Å². The van der Waals surface area contributed by atoms with Gasteiger partial charge in [-0.1, -0.05) is 17.7 Å². The number of halogens is 2. The van der Waals surface area contributed by atoms with Crippen LogP contribution in [-0.2, 0) is 0 Å². The van der Waals surface area contributed by atoms with Gasteiger partial charge in [-0.3, -0.25) is 4.99 Å². The number of hydrogen-bond acceptors (Lipinski definition) is 3. The molecule has 0 aliphatic carbocycles. The molecule has 110 valence electrons. The predicted octanol–water partition coefficient (Wildman–Crippen LogP) is 4.37. The van der Waals surface area contributed by atoms with Crippen LogP contribution in [0.3, 0.4) is 0 Å². The van der Waals surface area contributed by atoms with E-state index in [-0.39, 0.29) is 17.5 Å². The highest BCUT2D eigenvalue weighted by Gasteiger charge is 2.08. The minimum absolute atomic E-state index is 0.0938. The van der Waals surface area contributed by atoms with Gasteiger partial charge in [-0.25, -0.2) is 4.39 Å². The molecule has 0 aliphatic rings. The van der Waals surface area contributed by atoms with E-state index in [2.05, 4.69) is 4.99 Å². The molecule has 0 spiro atoms. The van der Waals surface area contributed by atoms with E-state index < -0.39 is 5.82 Å². The number of aromatic hydroxyl groups is 1. The predicted molar refractivity (Wildman–Crippen MR) is 82.1 cm³/mol. The average Bonchev–Trinajstić information content (AvgIpc) is 2.47. The Bertz CT molecular complexity index is 673. The normalized spacial score (nSPS) is 12.6. The molecule has 0 bridgehead atoms. The first-order valence-electron chi connectivity index (χ1n) is 6.36. The molecule has 1 atom stereocenters. The monoisotopic (exact) mass is 307 g/mol. The van der Waals surface area contributed by atoms with Gasteiger partial charge in [0.15, 0.2) is 11.6 Å². The Balaban J connectivity index is 2.20. The second-order valence-electron chi connectivity index (χ2n) is 4.55. The van der Waals surface area contributed by atoms with E-state index in [0.717, 1.165) is 0 Å². The van der Waals surface area contributed by atoms with Crippen LogP contribution < -0.4 is 4.74 Å². The van der Waals surface area contributed by atoms with Gasteiger partial charge in [0.25, 0.3) is 0 Å². The molecule has 0 heterocycles. The van der Waals surface area contributed by atoms with Gasteiger partial charge in [-0.2, -0.15) is 0 Å². The second-order valence-corrected chi connectivity index (χ2v) is 4.99. The van der Waals surface area contributed by atoms with E-state index in [1.165, 1.54) is 25.5 Å². The summed E-state index contributed by atoms with van der Waals surface area (Å²) in [4.78, 5) is 4.31. The standard InChI is InChI=1S/C16H15ClFNO2/c1-10(11-3-6-16(21-2)14(18)8-11)19-9-12-7-13(17)4-5-15(12)20/h3-10,20H,1-2H3/t10-/m0/s1. The third-order valence-electron chi connectivity index (χ3n) is 3.09. The maximum Gasteiger partial charge on any atom is 0.165 e. The fourth-order valence-corrected chi connectivity index (χ4v) is 2.03. The molecule has 0 aliphatic heterocycles. The number of ether oxygens (including phenoxy) is 1. The molecule has 0 amide bonds. The number of phenolic OH excluding ortho intramolecular Hbond substituents is 1. The molecule has 3 nitrogen and oxygen atoms in total. The lowest BCUT2D eigenvalue weighted by Gasteiger charge is -2.09. The minimum atomic E-state index is -0.428. The van der Waals surface area contributed by atoms with Crippen LogP contribution in [0.4, 0.5) is 4.39 Å². The number of methoxy groups -OCH3 is 1. The summed E-state index contributed by atoms with van der Waals surface area (Å²) in [5, 5.41) is 10.2. The van der Waals surface area contributed by atoms with Crippen LogP contribution >= 0.6 is 11.6 Å². The highest BCUT2D eigenvalue weighted by atomic mass is 35.5. The van der Waals surface area contributed by atoms with Crippen molar-refractivity contribution >= 4 is 17.8 Å². The zero-order valence-corrected chi connectivity index (χ0v) is 12.4. The zero-order chi connectivity index (χ0) is 15.4. The smallest absolute Gasteiger partial charge is 0.165 e. The minimum Gasteiger partial charge on any atom is -0.507 e. The van der Waals surface area contributed by atoms with Crippen molar-refractivity contribution in [3.8, 4) is 11.5 Å². The van der Waals surface area contributed by atoms with Crippen molar-refractivity contribution in [2.75, 3.05) is 7.11 Å². The fourth-order valence-electron chi connectivity index (χ4n) is 1.85. The van der Waals surface area contributed by atoms with E-state index in [0.29, 0.717) is 16.1 Å². The molecule has 5 heteroatoms. The molecule has 0 aromatic heterocycles. The van der Waals surface area contributed by atoms with E-state index in [1.807, 2.05) is 6.92 Å². The van der Waals surface area contributed by atoms with Crippen molar-refractivity contribution in [3.63, 3.8) is 0 Å². The van der Waals surface area contributed by atoms with Crippen molar-refractivity contribution in [2.45, 2.75) is 13.0 Å². The maximum atomic E-state index is 13.7. The molecule has 21 heavy (non-hydrogen) atoms. The summed E-state index contributed by atoms with van der Waals surface area (Å²) >= 11 is 5.87. The topological polar surface area (TPSA) is 41.8 Å².